The van der Waals surface area contributed by atoms with Crippen molar-refractivity contribution < 1.29 is 0 Å². The first-order valence-electron chi connectivity index (χ1n) is 6.21. The van der Waals surface area contributed by atoms with E-state index in [0.717, 1.165) is 18.0 Å². The zero-order chi connectivity index (χ0) is 9.97. The van der Waals surface area contributed by atoms with Crippen molar-refractivity contribution in [2.45, 2.75) is 51.1 Å². The molecule has 1 aliphatic carbocycles. The van der Waals surface area contributed by atoms with E-state index in [1.807, 2.05) is 0 Å². The molecule has 2 nitrogen and oxygen atoms in total. The van der Waals surface area contributed by atoms with Crippen molar-refractivity contribution in [1.82, 2.24) is 10.2 Å². The summed E-state index contributed by atoms with van der Waals surface area (Å²) < 4.78 is 0. The maximum absolute atomic E-state index is 3.58. The van der Waals surface area contributed by atoms with E-state index < -0.39 is 0 Å². The summed E-state index contributed by atoms with van der Waals surface area (Å²) in [6.45, 7) is 4.91. The Kier molecular flexibility index (Phi) is 3.45. The Morgan fingerprint density at radius 1 is 1.21 bits per heavy atom. The molecule has 1 N–H and O–H groups in total. The second-order valence-electron chi connectivity index (χ2n) is 5.21. The van der Waals surface area contributed by atoms with Gasteiger partial charge in [0.05, 0.1) is 0 Å². The van der Waals surface area contributed by atoms with Gasteiger partial charge in [0.1, 0.15) is 0 Å². The Bertz CT molecular complexity index is 175. The van der Waals surface area contributed by atoms with E-state index in [4.69, 9.17) is 0 Å². The minimum absolute atomic E-state index is 0.771. The predicted octanol–water partition coefficient (Wildman–Crippen LogP) is 1.86. The molecule has 1 saturated heterocycles. The molecule has 3 atom stereocenters. The monoisotopic (exact) mass is 196 g/mol. The van der Waals surface area contributed by atoms with Crippen LogP contribution in [0.15, 0.2) is 0 Å². The van der Waals surface area contributed by atoms with Crippen LogP contribution in [0.3, 0.4) is 0 Å². The van der Waals surface area contributed by atoms with Crippen LogP contribution in [0, 0.1) is 5.92 Å². The molecule has 2 fully saturated rings. The van der Waals surface area contributed by atoms with Gasteiger partial charge in [-0.2, -0.15) is 0 Å². The lowest BCUT2D eigenvalue weighted by Gasteiger charge is -2.30. The summed E-state index contributed by atoms with van der Waals surface area (Å²) in [6.07, 6.45) is 7.05. The zero-order valence-corrected chi connectivity index (χ0v) is 9.63. The SMILES string of the molecule is CC1CCCC1N(C)CC1CCCN1. The van der Waals surface area contributed by atoms with Gasteiger partial charge in [0, 0.05) is 18.6 Å². The Balaban J connectivity index is 1.78. The maximum atomic E-state index is 3.58. The second-order valence-corrected chi connectivity index (χ2v) is 5.21. The van der Waals surface area contributed by atoms with Crippen LogP contribution in [-0.2, 0) is 0 Å². The van der Waals surface area contributed by atoms with Crippen LogP contribution >= 0.6 is 0 Å². The van der Waals surface area contributed by atoms with Crippen LogP contribution in [0.25, 0.3) is 0 Å². The molecule has 0 aromatic heterocycles. The van der Waals surface area contributed by atoms with E-state index >= 15 is 0 Å². The van der Waals surface area contributed by atoms with Gasteiger partial charge in [0.15, 0.2) is 0 Å². The number of nitrogens with zero attached hydrogens (tertiary/aromatic N) is 1. The standard InChI is InChI=1S/C12H24N2/c1-10-5-3-7-12(10)14(2)9-11-6-4-8-13-11/h10-13H,3-9H2,1-2H3. The molecule has 82 valence electrons. The van der Waals surface area contributed by atoms with Crippen molar-refractivity contribution in [2.24, 2.45) is 5.92 Å². The fraction of sp³-hybridized carbons (Fsp3) is 1.00. The van der Waals surface area contributed by atoms with Crippen molar-refractivity contribution in [3.63, 3.8) is 0 Å². The highest BCUT2D eigenvalue weighted by molar-refractivity contribution is 4.85. The van der Waals surface area contributed by atoms with Gasteiger partial charge >= 0.3 is 0 Å². The van der Waals surface area contributed by atoms with E-state index in [0.29, 0.717) is 0 Å². The van der Waals surface area contributed by atoms with E-state index in [-0.39, 0.29) is 0 Å². The topological polar surface area (TPSA) is 15.3 Å². The number of rotatable bonds is 3. The number of hydrogen-bond donors (Lipinski definition) is 1. The third kappa shape index (κ3) is 2.29. The molecule has 2 aliphatic rings. The van der Waals surface area contributed by atoms with Crippen molar-refractivity contribution in [3.05, 3.63) is 0 Å². The van der Waals surface area contributed by atoms with Gasteiger partial charge < -0.3 is 10.2 Å². The van der Waals surface area contributed by atoms with Crippen LogP contribution in [0.2, 0.25) is 0 Å². The highest BCUT2D eigenvalue weighted by Crippen LogP contribution is 2.28. The summed E-state index contributed by atoms with van der Waals surface area (Å²) in [7, 11) is 2.31. The summed E-state index contributed by atoms with van der Waals surface area (Å²) in [5.74, 6) is 0.918. The highest BCUT2D eigenvalue weighted by atomic mass is 15.2. The van der Waals surface area contributed by atoms with Crippen molar-refractivity contribution in [2.75, 3.05) is 20.1 Å². The maximum Gasteiger partial charge on any atom is 0.0195 e. The predicted molar refractivity (Wildman–Crippen MR) is 60.5 cm³/mol. The van der Waals surface area contributed by atoms with E-state index in [1.54, 1.807) is 0 Å². The van der Waals surface area contributed by atoms with E-state index in [2.05, 4.69) is 24.2 Å². The molecule has 1 saturated carbocycles. The van der Waals surface area contributed by atoms with Crippen molar-refractivity contribution in [3.8, 4) is 0 Å². The molecule has 14 heavy (non-hydrogen) atoms. The Labute approximate surface area is 88.1 Å². The smallest absolute Gasteiger partial charge is 0.0195 e. The fourth-order valence-electron chi connectivity index (χ4n) is 3.18. The van der Waals surface area contributed by atoms with Gasteiger partial charge in [-0.1, -0.05) is 13.3 Å². The van der Waals surface area contributed by atoms with Crippen LogP contribution in [0.4, 0.5) is 0 Å². The van der Waals surface area contributed by atoms with Gasteiger partial charge in [-0.25, -0.2) is 0 Å². The summed E-state index contributed by atoms with van der Waals surface area (Å²) in [5, 5.41) is 3.58. The largest absolute Gasteiger partial charge is 0.313 e. The fourth-order valence-corrected chi connectivity index (χ4v) is 3.18. The van der Waals surface area contributed by atoms with Gasteiger partial charge in [-0.15, -0.1) is 0 Å². The van der Waals surface area contributed by atoms with Crippen LogP contribution < -0.4 is 5.32 Å². The van der Waals surface area contributed by atoms with Gasteiger partial charge in [0.2, 0.25) is 0 Å². The van der Waals surface area contributed by atoms with E-state index in [1.165, 1.54) is 45.2 Å². The summed E-state index contributed by atoms with van der Waals surface area (Å²) in [4.78, 5) is 2.60. The van der Waals surface area contributed by atoms with Gasteiger partial charge in [-0.05, 0) is 45.2 Å². The molecule has 0 amide bonds. The van der Waals surface area contributed by atoms with Crippen molar-refractivity contribution in [1.29, 1.82) is 0 Å². The van der Waals surface area contributed by atoms with Crippen LogP contribution in [0.5, 0.6) is 0 Å². The Morgan fingerprint density at radius 2 is 2.07 bits per heavy atom. The molecule has 2 rings (SSSR count). The third-order valence-electron chi connectivity index (χ3n) is 4.05. The van der Waals surface area contributed by atoms with Gasteiger partial charge in [-0.3, -0.25) is 0 Å². The molecule has 0 aromatic rings. The molecule has 0 aromatic carbocycles. The average Bonchev–Trinajstić information content (AvgIpc) is 2.75. The third-order valence-corrected chi connectivity index (χ3v) is 4.05. The average molecular weight is 196 g/mol. The normalized spacial score (nSPS) is 38.4. The van der Waals surface area contributed by atoms with Crippen LogP contribution in [0.1, 0.15) is 39.0 Å². The molecule has 2 heteroatoms. The highest BCUT2D eigenvalue weighted by Gasteiger charge is 2.28. The summed E-state index contributed by atoms with van der Waals surface area (Å²) in [6, 6.07) is 1.63. The summed E-state index contributed by atoms with van der Waals surface area (Å²) in [5.41, 5.74) is 0. The lowest BCUT2D eigenvalue weighted by molar-refractivity contribution is 0.190. The molecule has 1 aliphatic heterocycles. The second kappa shape index (κ2) is 4.63. The molecule has 1 heterocycles. The first-order chi connectivity index (χ1) is 6.77. The number of hydrogen-bond acceptors (Lipinski definition) is 2. The lowest BCUT2D eigenvalue weighted by Crippen LogP contribution is -2.42. The summed E-state index contributed by atoms with van der Waals surface area (Å²) >= 11 is 0. The van der Waals surface area contributed by atoms with E-state index in [9.17, 15) is 0 Å². The quantitative estimate of drug-likeness (QED) is 0.741. The van der Waals surface area contributed by atoms with Gasteiger partial charge in [0.25, 0.3) is 0 Å². The van der Waals surface area contributed by atoms with Crippen LogP contribution in [-0.4, -0.2) is 37.1 Å². The van der Waals surface area contributed by atoms with Crippen molar-refractivity contribution >= 4 is 0 Å². The molecular weight excluding hydrogens is 172 g/mol. The zero-order valence-electron chi connectivity index (χ0n) is 9.63. The molecule has 0 radical (unpaired) electrons. The number of likely N-dealkylation sites (N-methyl/N-ethyl adjacent to an activating group) is 1. The minimum atomic E-state index is 0.771. The minimum Gasteiger partial charge on any atom is -0.313 e. The number of nitrogens with one attached hydrogen (secondary N) is 1. The Morgan fingerprint density at radius 3 is 2.64 bits per heavy atom. The molecule has 0 bridgehead atoms. The lowest BCUT2D eigenvalue weighted by atomic mass is 10.0. The Hall–Kier alpha value is -0.0800. The first kappa shape index (κ1) is 10.4. The first-order valence-corrected chi connectivity index (χ1v) is 6.21. The molecular formula is C12H24N2. The molecule has 3 unspecified atom stereocenters. The molecule has 0 spiro atoms.